The van der Waals surface area contributed by atoms with E-state index < -0.39 is 0 Å². The maximum absolute atomic E-state index is 13.3. The molecule has 7 heteroatoms. The highest BCUT2D eigenvalue weighted by Crippen LogP contribution is 2.20. The van der Waals surface area contributed by atoms with E-state index in [2.05, 4.69) is 20.4 Å². The van der Waals surface area contributed by atoms with Crippen molar-refractivity contribution >= 4 is 23.4 Å². The van der Waals surface area contributed by atoms with Crippen LogP contribution in [-0.2, 0) is 6.54 Å². The zero-order valence-electron chi connectivity index (χ0n) is 15.8. The van der Waals surface area contributed by atoms with Gasteiger partial charge in [-0.1, -0.05) is 53.7 Å². The van der Waals surface area contributed by atoms with Crippen molar-refractivity contribution in [3.05, 3.63) is 96.0 Å². The third kappa shape index (κ3) is 4.47. The Morgan fingerprint density at radius 3 is 2.45 bits per heavy atom. The molecule has 0 saturated carbocycles. The van der Waals surface area contributed by atoms with Crippen molar-refractivity contribution in [2.24, 2.45) is 0 Å². The van der Waals surface area contributed by atoms with Crippen LogP contribution in [0.1, 0.15) is 21.8 Å². The summed E-state index contributed by atoms with van der Waals surface area (Å²) >= 11 is 0. The average Bonchev–Trinajstić information content (AvgIpc) is 3.17. The Labute approximate surface area is 168 Å². The van der Waals surface area contributed by atoms with Gasteiger partial charge in [0.15, 0.2) is 5.82 Å². The summed E-state index contributed by atoms with van der Waals surface area (Å²) in [6, 6.07) is 22.7. The van der Waals surface area contributed by atoms with Gasteiger partial charge in [-0.15, -0.1) is 0 Å². The highest BCUT2D eigenvalue weighted by Gasteiger charge is 2.20. The zero-order chi connectivity index (χ0) is 20.1. The Hall–Kier alpha value is -4.00. The van der Waals surface area contributed by atoms with E-state index in [4.69, 9.17) is 4.52 Å². The molecule has 2 heterocycles. The predicted octanol–water partition coefficient (Wildman–Crippen LogP) is 4.36. The lowest BCUT2D eigenvalue weighted by Crippen LogP contribution is -2.31. The normalized spacial score (nSPS) is 10.5. The first-order valence-corrected chi connectivity index (χ1v) is 9.13. The van der Waals surface area contributed by atoms with Crippen molar-refractivity contribution in [2.75, 3.05) is 10.2 Å². The molecule has 2 aromatic heterocycles. The first kappa shape index (κ1) is 18.4. The monoisotopic (exact) mass is 385 g/mol. The molecule has 0 aliphatic carbocycles. The number of para-hydroxylation sites is 1. The number of nitrogens with zero attached hydrogens (tertiary/aromatic N) is 4. The minimum absolute atomic E-state index is 0.221. The lowest BCUT2D eigenvalue weighted by Gasteiger charge is -2.23. The third-order valence-electron chi connectivity index (χ3n) is 4.24. The van der Waals surface area contributed by atoms with Gasteiger partial charge in [0, 0.05) is 18.0 Å². The second-order valence-corrected chi connectivity index (χ2v) is 6.43. The van der Waals surface area contributed by atoms with E-state index in [0.29, 0.717) is 18.1 Å². The molecule has 2 aromatic carbocycles. The fourth-order valence-corrected chi connectivity index (χ4v) is 2.87. The predicted molar refractivity (Wildman–Crippen MR) is 110 cm³/mol. The summed E-state index contributed by atoms with van der Waals surface area (Å²) in [5, 5.41) is 6.81. The molecule has 7 nitrogen and oxygen atoms in total. The van der Waals surface area contributed by atoms with E-state index in [1.807, 2.05) is 60.7 Å². The fourth-order valence-electron chi connectivity index (χ4n) is 2.87. The molecule has 0 radical (unpaired) electrons. The number of anilines is 3. The van der Waals surface area contributed by atoms with Gasteiger partial charge in [0.25, 0.3) is 5.91 Å². The van der Waals surface area contributed by atoms with Crippen LogP contribution in [0.3, 0.4) is 0 Å². The molecule has 4 rings (SSSR count). The quantitative estimate of drug-likeness (QED) is 0.531. The molecule has 0 saturated heterocycles. The largest absolute Gasteiger partial charge is 0.360 e. The molecule has 0 atom stereocenters. The summed E-state index contributed by atoms with van der Waals surface area (Å²) in [5.74, 6) is 1.20. The van der Waals surface area contributed by atoms with Gasteiger partial charge in [-0.2, -0.15) is 0 Å². The Bertz CT molecular complexity index is 1100. The van der Waals surface area contributed by atoms with Crippen molar-refractivity contribution in [3.63, 3.8) is 0 Å². The zero-order valence-corrected chi connectivity index (χ0v) is 15.8. The molecule has 0 unspecified atom stereocenters. The van der Waals surface area contributed by atoms with Crippen LogP contribution in [-0.4, -0.2) is 21.0 Å². The summed E-state index contributed by atoms with van der Waals surface area (Å²) in [5.41, 5.74) is 2.10. The second-order valence-electron chi connectivity index (χ2n) is 6.43. The van der Waals surface area contributed by atoms with Crippen molar-refractivity contribution in [1.29, 1.82) is 0 Å². The van der Waals surface area contributed by atoms with Crippen LogP contribution < -0.4 is 10.2 Å². The molecule has 0 bridgehead atoms. The lowest BCUT2D eigenvalue weighted by atomic mass is 10.2. The second kappa shape index (κ2) is 8.35. The van der Waals surface area contributed by atoms with Crippen LogP contribution in [0.4, 0.5) is 17.5 Å². The van der Waals surface area contributed by atoms with Crippen LogP contribution in [0.2, 0.25) is 0 Å². The molecule has 0 fully saturated rings. The van der Waals surface area contributed by atoms with E-state index in [1.165, 1.54) is 0 Å². The van der Waals surface area contributed by atoms with Gasteiger partial charge in [0.05, 0.1) is 6.54 Å². The van der Waals surface area contributed by atoms with Crippen molar-refractivity contribution < 1.29 is 9.32 Å². The van der Waals surface area contributed by atoms with Crippen molar-refractivity contribution in [3.8, 4) is 0 Å². The highest BCUT2D eigenvalue weighted by atomic mass is 16.5. The first-order valence-electron chi connectivity index (χ1n) is 9.13. The van der Waals surface area contributed by atoms with E-state index in [-0.39, 0.29) is 17.5 Å². The topological polar surface area (TPSA) is 84.2 Å². The standard InChI is InChI=1S/C22H19N5O2/c1-16-14-20(26-29-16)25-22-23-13-12-19(24-22)21(28)27(18-10-6-3-7-11-18)15-17-8-4-2-5-9-17/h2-14H,15H2,1H3,(H,23,24,25,26). The van der Waals surface area contributed by atoms with Gasteiger partial charge in [-0.05, 0) is 30.7 Å². The van der Waals surface area contributed by atoms with Crippen molar-refractivity contribution in [1.82, 2.24) is 15.1 Å². The molecular formula is C22H19N5O2. The maximum atomic E-state index is 13.3. The number of benzene rings is 2. The summed E-state index contributed by atoms with van der Waals surface area (Å²) in [6.45, 7) is 2.22. The smallest absolute Gasteiger partial charge is 0.277 e. The molecule has 29 heavy (non-hydrogen) atoms. The number of hydrogen-bond acceptors (Lipinski definition) is 6. The Kier molecular flexibility index (Phi) is 5.29. The van der Waals surface area contributed by atoms with Crippen LogP contribution >= 0.6 is 0 Å². The Morgan fingerprint density at radius 1 is 1.03 bits per heavy atom. The van der Waals surface area contributed by atoms with E-state index >= 15 is 0 Å². The van der Waals surface area contributed by atoms with Gasteiger partial charge in [0.1, 0.15) is 11.5 Å². The number of rotatable bonds is 6. The maximum Gasteiger partial charge on any atom is 0.277 e. The molecule has 144 valence electrons. The molecule has 1 amide bonds. The fraction of sp³-hybridized carbons (Fsp3) is 0.0909. The van der Waals surface area contributed by atoms with Gasteiger partial charge < -0.3 is 14.7 Å². The van der Waals surface area contributed by atoms with Gasteiger partial charge in [-0.25, -0.2) is 9.97 Å². The number of amides is 1. The minimum Gasteiger partial charge on any atom is -0.360 e. The summed E-state index contributed by atoms with van der Waals surface area (Å²) < 4.78 is 5.03. The van der Waals surface area contributed by atoms with Gasteiger partial charge in [0.2, 0.25) is 5.95 Å². The summed E-state index contributed by atoms with van der Waals surface area (Å²) in [7, 11) is 0. The summed E-state index contributed by atoms with van der Waals surface area (Å²) in [4.78, 5) is 23.6. The molecule has 0 spiro atoms. The Balaban J connectivity index is 1.62. The molecule has 1 N–H and O–H groups in total. The number of carbonyl (C=O) groups excluding carboxylic acids is 1. The SMILES string of the molecule is Cc1cc(Nc2nccc(C(=O)N(Cc3ccccc3)c3ccccc3)n2)no1. The lowest BCUT2D eigenvalue weighted by molar-refractivity contribution is 0.0980. The molecule has 0 aliphatic rings. The number of hydrogen-bond donors (Lipinski definition) is 1. The highest BCUT2D eigenvalue weighted by molar-refractivity contribution is 6.04. The number of nitrogens with one attached hydrogen (secondary N) is 1. The number of carbonyl (C=O) groups is 1. The van der Waals surface area contributed by atoms with Crippen LogP contribution in [0.25, 0.3) is 0 Å². The average molecular weight is 385 g/mol. The van der Waals surface area contributed by atoms with Gasteiger partial charge >= 0.3 is 0 Å². The van der Waals surface area contributed by atoms with Crippen molar-refractivity contribution in [2.45, 2.75) is 13.5 Å². The minimum atomic E-state index is -0.221. The molecule has 0 aliphatic heterocycles. The molecule has 4 aromatic rings. The Morgan fingerprint density at radius 2 is 1.76 bits per heavy atom. The van der Waals surface area contributed by atoms with E-state index in [9.17, 15) is 4.79 Å². The number of aromatic nitrogens is 3. The molecular weight excluding hydrogens is 366 g/mol. The first-order chi connectivity index (χ1) is 14.2. The number of aryl methyl sites for hydroxylation is 1. The third-order valence-corrected chi connectivity index (χ3v) is 4.24. The van der Waals surface area contributed by atoms with Gasteiger partial charge in [-0.3, -0.25) is 4.79 Å². The van der Waals surface area contributed by atoms with Crippen LogP contribution in [0, 0.1) is 6.92 Å². The van der Waals surface area contributed by atoms with E-state index in [1.54, 1.807) is 30.2 Å². The van der Waals surface area contributed by atoms with Crippen LogP contribution in [0.5, 0.6) is 0 Å². The summed E-state index contributed by atoms with van der Waals surface area (Å²) in [6.07, 6.45) is 1.54. The van der Waals surface area contributed by atoms with Crippen LogP contribution in [0.15, 0.2) is 83.5 Å². The van der Waals surface area contributed by atoms with E-state index in [0.717, 1.165) is 11.3 Å².